The highest BCUT2D eigenvalue weighted by Crippen LogP contribution is 2.43. The van der Waals surface area contributed by atoms with E-state index in [1.807, 2.05) is 12.1 Å². The minimum atomic E-state index is -2.09. The molecule has 11 rings (SSSR count). The van der Waals surface area contributed by atoms with E-state index in [1.54, 1.807) is 0 Å². The number of rotatable bonds is 4. The lowest BCUT2D eigenvalue weighted by molar-refractivity contribution is 0.669. The number of hydrogen-bond donors (Lipinski definition) is 0. The fourth-order valence-corrected chi connectivity index (χ4v) is 11.7. The van der Waals surface area contributed by atoms with Gasteiger partial charge in [0.25, 0.3) is 0 Å². The summed E-state index contributed by atoms with van der Waals surface area (Å²) in [5, 5.41) is 9.94. The van der Waals surface area contributed by atoms with Gasteiger partial charge in [0, 0.05) is 50.2 Å². The van der Waals surface area contributed by atoms with Crippen molar-refractivity contribution in [2.24, 2.45) is 0 Å². The number of furan rings is 2. The monoisotopic (exact) mass is 683 g/mol. The van der Waals surface area contributed by atoms with Crippen molar-refractivity contribution < 1.29 is 8.83 Å². The fourth-order valence-electron chi connectivity index (χ4n) is 8.62. The third-order valence-electron chi connectivity index (χ3n) is 11.2. The fraction of sp³-hybridized carbons (Fsp3) is 0.0417. The largest absolute Gasteiger partial charge is 0.456 e. The number of fused-ring (bicyclic) bond motifs is 11. The van der Waals surface area contributed by atoms with Crippen LogP contribution in [0, 0.1) is 0 Å². The van der Waals surface area contributed by atoms with Gasteiger partial charge in [0.05, 0.1) is 0 Å². The smallest absolute Gasteiger partial charge is 0.143 e. The van der Waals surface area contributed by atoms with E-state index in [1.165, 1.54) is 54.2 Å². The quantitative estimate of drug-likeness (QED) is 0.173. The van der Waals surface area contributed by atoms with E-state index >= 15 is 0 Å². The molecule has 0 radical (unpaired) electrons. The minimum Gasteiger partial charge on any atom is -0.456 e. The van der Waals surface area contributed by atoms with Crippen molar-refractivity contribution in [1.29, 1.82) is 0 Å². The maximum absolute atomic E-state index is 6.61. The first-order chi connectivity index (χ1) is 25.5. The van der Waals surface area contributed by atoms with E-state index in [0.29, 0.717) is 0 Å². The van der Waals surface area contributed by atoms with Crippen LogP contribution in [0.15, 0.2) is 173 Å². The van der Waals surface area contributed by atoms with Gasteiger partial charge in [0.2, 0.25) is 0 Å². The maximum Gasteiger partial charge on any atom is 0.143 e. The Labute approximate surface area is 302 Å². The van der Waals surface area contributed by atoms with Crippen LogP contribution < -0.4 is 15.3 Å². The van der Waals surface area contributed by atoms with Crippen LogP contribution >= 0.6 is 0 Å². The molecule has 1 aliphatic rings. The summed E-state index contributed by atoms with van der Waals surface area (Å²) >= 11 is 0. The lowest BCUT2D eigenvalue weighted by atomic mass is 10.00. The van der Waals surface area contributed by atoms with Gasteiger partial charge in [0.1, 0.15) is 30.4 Å². The van der Waals surface area contributed by atoms with Crippen LogP contribution in [-0.2, 0) is 0 Å². The summed E-state index contributed by atoms with van der Waals surface area (Å²) in [6, 6.07) is 59.2. The summed E-state index contributed by atoms with van der Waals surface area (Å²) in [7, 11) is -2.09. The molecule has 8 aromatic carbocycles. The second-order valence-corrected chi connectivity index (χ2v) is 18.9. The van der Waals surface area contributed by atoms with Gasteiger partial charge in [-0.3, -0.25) is 0 Å². The van der Waals surface area contributed by atoms with Gasteiger partial charge in [0.15, 0.2) is 0 Å². The summed E-state index contributed by atoms with van der Waals surface area (Å²) < 4.78 is 13.0. The minimum absolute atomic E-state index is 0.880. The first kappa shape index (κ1) is 29.4. The predicted molar refractivity (Wildman–Crippen MR) is 221 cm³/mol. The molecular formula is C48H33NO2Si. The van der Waals surface area contributed by atoms with E-state index in [0.717, 1.165) is 50.2 Å². The molecular weight excluding hydrogens is 651 g/mol. The Hall–Kier alpha value is -6.36. The third kappa shape index (κ3) is 4.25. The van der Waals surface area contributed by atoms with Gasteiger partial charge in [-0.15, -0.1) is 0 Å². The van der Waals surface area contributed by atoms with Crippen LogP contribution in [0.5, 0.6) is 0 Å². The Morgan fingerprint density at radius 3 is 1.94 bits per heavy atom. The van der Waals surface area contributed by atoms with E-state index in [2.05, 4.69) is 170 Å². The molecule has 0 saturated heterocycles. The number of hydrogen-bond acceptors (Lipinski definition) is 3. The second kappa shape index (κ2) is 10.8. The highest BCUT2D eigenvalue weighted by Gasteiger charge is 2.40. The van der Waals surface area contributed by atoms with Crippen LogP contribution in [0.4, 0.5) is 17.1 Å². The van der Waals surface area contributed by atoms with Gasteiger partial charge in [-0.1, -0.05) is 116 Å². The molecule has 0 N–H and O–H groups in total. The maximum atomic E-state index is 6.61. The summed E-state index contributed by atoms with van der Waals surface area (Å²) in [5.74, 6) is 0. The molecule has 0 bridgehead atoms. The Kier molecular flexibility index (Phi) is 6.11. The van der Waals surface area contributed by atoms with Crippen LogP contribution in [0.1, 0.15) is 0 Å². The molecule has 0 amide bonds. The van der Waals surface area contributed by atoms with Crippen LogP contribution in [0.25, 0.3) is 76.9 Å². The molecule has 3 nitrogen and oxygen atoms in total. The Balaban J connectivity index is 1.11. The normalized spacial score (nSPS) is 13.3. The van der Waals surface area contributed by atoms with Crippen LogP contribution in [0.2, 0.25) is 13.1 Å². The molecule has 2 aromatic heterocycles. The van der Waals surface area contributed by atoms with Gasteiger partial charge in [-0.25, -0.2) is 0 Å². The molecule has 10 aromatic rings. The summed E-state index contributed by atoms with van der Waals surface area (Å²) in [5.41, 5.74) is 11.9. The number of anilines is 3. The van der Waals surface area contributed by atoms with Crippen molar-refractivity contribution in [3.63, 3.8) is 0 Å². The number of para-hydroxylation sites is 2. The molecule has 0 unspecified atom stereocenters. The molecule has 0 saturated carbocycles. The van der Waals surface area contributed by atoms with E-state index < -0.39 is 8.07 Å². The third-order valence-corrected chi connectivity index (χ3v) is 14.8. The summed E-state index contributed by atoms with van der Waals surface area (Å²) in [6.45, 7) is 4.95. The first-order valence-corrected chi connectivity index (χ1v) is 20.9. The Morgan fingerprint density at radius 1 is 0.423 bits per heavy atom. The lowest BCUT2D eigenvalue weighted by Gasteiger charge is -2.28. The van der Waals surface area contributed by atoms with Gasteiger partial charge in [-0.2, -0.15) is 0 Å². The van der Waals surface area contributed by atoms with Crippen LogP contribution in [-0.4, -0.2) is 8.07 Å². The van der Waals surface area contributed by atoms with E-state index in [4.69, 9.17) is 8.83 Å². The molecule has 0 spiro atoms. The van der Waals surface area contributed by atoms with Crippen molar-refractivity contribution in [3.05, 3.63) is 164 Å². The summed E-state index contributed by atoms with van der Waals surface area (Å²) in [6.07, 6.45) is 0. The Bertz CT molecular complexity index is 3080. The standard InChI is InChI=1S/C48H33NO2Si/c1-52(2)45-25-24-40-38-15-6-8-17-43(38)51-48(40)47(45)41-23-21-36(29-46(41)52)49(35-20-22-39-37-14-5-7-16-42(37)50-44(39)28-35)34-13-9-12-32(27-34)33-19-18-30-10-3-4-11-31(30)26-33/h3-29H,1-2H3. The van der Waals surface area contributed by atoms with Crippen molar-refractivity contribution in [2.75, 3.05) is 4.90 Å². The molecule has 246 valence electrons. The van der Waals surface area contributed by atoms with Gasteiger partial charge in [-0.05, 0) is 92.4 Å². The molecule has 3 heterocycles. The van der Waals surface area contributed by atoms with E-state index in [9.17, 15) is 0 Å². The molecule has 0 aliphatic carbocycles. The zero-order valence-corrected chi connectivity index (χ0v) is 29.9. The summed E-state index contributed by atoms with van der Waals surface area (Å²) in [4.78, 5) is 2.39. The highest BCUT2D eigenvalue weighted by molar-refractivity contribution is 7.04. The SMILES string of the molecule is C[Si]1(C)c2cc(N(c3cccc(-c4ccc5ccccc5c4)c3)c3ccc4c(c3)oc3ccccc34)ccc2-c2c1ccc1c2oc2ccccc21. The van der Waals surface area contributed by atoms with E-state index in [-0.39, 0.29) is 0 Å². The average Bonchev–Trinajstić information content (AvgIpc) is 3.82. The molecule has 0 atom stereocenters. The van der Waals surface area contributed by atoms with Crippen molar-refractivity contribution >= 4 is 90.2 Å². The topological polar surface area (TPSA) is 29.5 Å². The molecule has 4 heteroatoms. The molecule has 1 aliphatic heterocycles. The van der Waals surface area contributed by atoms with Crippen molar-refractivity contribution in [3.8, 4) is 22.3 Å². The molecule has 0 fully saturated rings. The van der Waals surface area contributed by atoms with Crippen molar-refractivity contribution in [2.45, 2.75) is 13.1 Å². The zero-order valence-electron chi connectivity index (χ0n) is 28.9. The number of benzene rings is 8. The van der Waals surface area contributed by atoms with Gasteiger partial charge < -0.3 is 13.7 Å². The second-order valence-electron chi connectivity index (χ2n) is 14.5. The molecule has 52 heavy (non-hydrogen) atoms. The van der Waals surface area contributed by atoms with Crippen molar-refractivity contribution in [1.82, 2.24) is 0 Å². The lowest BCUT2D eigenvalue weighted by Crippen LogP contribution is -2.49. The predicted octanol–water partition coefficient (Wildman–Crippen LogP) is 12.6. The first-order valence-electron chi connectivity index (χ1n) is 17.9. The highest BCUT2D eigenvalue weighted by atomic mass is 28.3. The zero-order chi connectivity index (χ0) is 34.6. The van der Waals surface area contributed by atoms with Gasteiger partial charge >= 0.3 is 0 Å². The average molecular weight is 684 g/mol. The Morgan fingerprint density at radius 2 is 1.08 bits per heavy atom. The number of nitrogens with zero attached hydrogens (tertiary/aromatic N) is 1. The van der Waals surface area contributed by atoms with Crippen LogP contribution in [0.3, 0.4) is 0 Å².